The zero-order valence-electron chi connectivity index (χ0n) is 16.3. The van der Waals surface area contributed by atoms with E-state index in [9.17, 15) is 14.4 Å². The van der Waals surface area contributed by atoms with Gasteiger partial charge in [-0.2, -0.15) is 0 Å². The first-order valence-electron chi connectivity index (χ1n) is 9.72. The molecule has 1 aliphatic heterocycles. The molecule has 152 valence electrons. The maximum Gasteiger partial charge on any atom is 0.261 e. The lowest BCUT2D eigenvalue weighted by Gasteiger charge is -2.16. The van der Waals surface area contributed by atoms with Gasteiger partial charge in [-0.15, -0.1) is 0 Å². The summed E-state index contributed by atoms with van der Waals surface area (Å²) >= 11 is 0. The van der Waals surface area contributed by atoms with Gasteiger partial charge in [-0.05, 0) is 48.4 Å². The second kappa shape index (κ2) is 8.65. The van der Waals surface area contributed by atoms with Crippen LogP contribution in [0.4, 0.5) is 11.4 Å². The van der Waals surface area contributed by atoms with E-state index in [-0.39, 0.29) is 30.7 Å². The molecule has 2 N–H and O–H groups in total. The highest BCUT2D eigenvalue weighted by molar-refractivity contribution is 6.07. The van der Waals surface area contributed by atoms with Crippen molar-refractivity contribution < 1.29 is 18.8 Å². The lowest BCUT2D eigenvalue weighted by Crippen LogP contribution is -2.28. The molecule has 0 spiro atoms. The predicted octanol–water partition coefficient (Wildman–Crippen LogP) is 3.24. The van der Waals surface area contributed by atoms with Crippen LogP contribution >= 0.6 is 0 Å². The van der Waals surface area contributed by atoms with E-state index >= 15 is 0 Å². The number of anilines is 2. The van der Waals surface area contributed by atoms with Crippen LogP contribution in [0.3, 0.4) is 0 Å². The Labute approximate surface area is 173 Å². The molecule has 0 radical (unpaired) electrons. The fourth-order valence-electron chi connectivity index (χ4n) is 3.44. The van der Waals surface area contributed by atoms with E-state index in [0.717, 1.165) is 17.7 Å². The summed E-state index contributed by atoms with van der Waals surface area (Å²) in [4.78, 5) is 38.5. The SMILES string of the molecule is O=C(CCNC(=O)c1ccccc1)Nc1ccc2c(c1)CCN2C(=O)c1ccoc1. The Morgan fingerprint density at radius 3 is 2.60 bits per heavy atom. The van der Waals surface area contributed by atoms with Crippen LogP contribution in [-0.2, 0) is 11.2 Å². The van der Waals surface area contributed by atoms with Crippen LogP contribution in [0.25, 0.3) is 0 Å². The van der Waals surface area contributed by atoms with Gasteiger partial charge < -0.3 is 20.0 Å². The summed E-state index contributed by atoms with van der Waals surface area (Å²) in [5, 5.41) is 5.59. The number of benzene rings is 2. The fourth-order valence-corrected chi connectivity index (χ4v) is 3.44. The molecule has 3 amide bonds. The van der Waals surface area contributed by atoms with Crippen molar-refractivity contribution in [2.24, 2.45) is 0 Å². The largest absolute Gasteiger partial charge is 0.472 e. The van der Waals surface area contributed by atoms with E-state index in [2.05, 4.69) is 10.6 Å². The van der Waals surface area contributed by atoms with Crippen molar-refractivity contribution in [3.05, 3.63) is 83.8 Å². The smallest absolute Gasteiger partial charge is 0.261 e. The third kappa shape index (κ3) is 4.25. The first-order valence-corrected chi connectivity index (χ1v) is 9.72. The first-order chi connectivity index (χ1) is 14.6. The third-order valence-corrected chi connectivity index (χ3v) is 4.95. The molecule has 1 aliphatic rings. The third-order valence-electron chi connectivity index (χ3n) is 4.95. The number of hydrogen-bond donors (Lipinski definition) is 2. The molecular formula is C23H21N3O4. The molecule has 0 aliphatic carbocycles. The summed E-state index contributed by atoms with van der Waals surface area (Å²) in [6.07, 6.45) is 3.80. The van der Waals surface area contributed by atoms with Crippen molar-refractivity contribution in [1.29, 1.82) is 0 Å². The highest BCUT2D eigenvalue weighted by atomic mass is 16.3. The highest BCUT2D eigenvalue weighted by Crippen LogP contribution is 2.31. The van der Waals surface area contributed by atoms with Gasteiger partial charge in [0.15, 0.2) is 0 Å². The molecule has 4 rings (SSSR count). The number of nitrogens with one attached hydrogen (secondary N) is 2. The van der Waals surface area contributed by atoms with Crippen molar-refractivity contribution in [1.82, 2.24) is 5.32 Å². The normalized spacial score (nSPS) is 12.3. The molecule has 1 aromatic heterocycles. The van der Waals surface area contributed by atoms with Crippen molar-refractivity contribution in [3.8, 4) is 0 Å². The highest BCUT2D eigenvalue weighted by Gasteiger charge is 2.26. The van der Waals surface area contributed by atoms with Gasteiger partial charge in [-0.3, -0.25) is 14.4 Å². The summed E-state index contributed by atoms with van der Waals surface area (Å²) in [6, 6.07) is 16.0. The molecule has 3 aromatic rings. The van der Waals surface area contributed by atoms with Crippen LogP contribution in [0.5, 0.6) is 0 Å². The van der Waals surface area contributed by atoms with Crippen LogP contribution in [0.1, 0.15) is 32.7 Å². The molecule has 2 aromatic carbocycles. The summed E-state index contributed by atoms with van der Waals surface area (Å²) in [5.41, 5.74) is 3.59. The van der Waals surface area contributed by atoms with Gasteiger partial charge in [-0.25, -0.2) is 0 Å². The molecule has 0 atom stereocenters. The summed E-state index contributed by atoms with van der Waals surface area (Å²) < 4.78 is 5.00. The van der Waals surface area contributed by atoms with Crippen molar-refractivity contribution >= 4 is 29.1 Å². The van der Waals surface area contributed by atoms with E-state index in [1.165, 1.54) is 12.5 Å². The molecule has 0 fully saturated rings. The second-order valence-electron chi connectivity index (χ2n) is 6.98. The number of fused-ring (bicyclic) bond motifs is 1. The van der Waals surface area contributed by atoms with E-state index in [0.29, 0.717) is 23.4 Å². The number of amides is 3. The molecule has 0 bridgehead atoms. The Morgan fingerprint density at radius 1 is 1.00 bits per heavy atom. The Kier molecular flexibility index (Phi) is 5.61. The summed E-state index contributed by atoms with van der Waals surface area (Å²) in [7, 11) is 0. The van der Waals surface area contributed by atoms with Gasteiger partial charge in [0.2, 0.25) is 5.91 Å². The van der Waals surface area contributed by atoms with Crippen molar-refractivity contribution in [3.63, 3.8) is 0 Å². The quantitative estimate of drug-likeness (QED) is 0.661. The Morgan fingerprint density at radius 2 is 1.83 bits per heavy atom. The average molecular weight is 403 g/mol. The maximum atomic E-state index is 12.6. The van der Waals surface area contributed by atoms with Crippen LogP contribution in [0.15, 0.2) is 71.5 Å². The minimum Gasteiger partial charge on any atom is -0.472 e. The topological polar surface area (TPSA) is 91.7 Å². The lowest BCUT2D eigenvalue weighted by atomic mass is 10.1. The number of carbonyl (C=O) groups is 3. The van der Waals surface area contributed by atoms with Crippen LogP contribution < -0.4 is 15.5 Å². The average Bonchev–Trinajstić information content (AvgIpc) is 3.44. The standard InChI is InChI=1S/C23H21N3O4/c27-21(8-11-24-22(28)16-4-2-1-3-5-16)25-19-6-7-20-17(14-19)9-12-26(20)23(29)18-10-13-30-15-18/h1-7,10,13-15H,8-9,11-12H2,(H,24,28)(H,25,27). The number of carbonyl (C=O) groups excluding carboxylic acids is 3. The van der Waals surface area contributed by atoms with Crippen molar-refractivity contribution in [2.75, 3.05) is 23.3 Å². The van der Waals surface area contributed by atoms with E-state index < -0.39 is 0 Å². The monoisotopic (exact) mass is 403 g/mol. The second-order valence-corrected chi connectivity index (χ2v) is 6.98. The van der Waals surface area contributed by atoms with Gasteiger partial charge in [0, 0.05) is 36.4 Å². The Hall–Kier alpha value is -3.87. The molecular weight excluding hydrogens is 382 g/mol. The summed E-state index contributed by atoms with van der Waals surface area (Å²) in [6.45, 7) is 0.833. The van der Waals surface area contributed by atoms with E-state index in [4.69, 9.17) is 4.42 Å². The lowest BCUT2D eigenvalue weighted by molar-refractivity contribution is -0.116. The van der Waals surface area contributed by atoms with Crippen LogP contribution in [0.2, 0.25) is 0 Å². The molecule has 7 heteroatoms. The first kappa shape index (κ1) is 19.4. The molecule has 2 heterocycles. The molecule has 0 saturated heterocycles. The fraction of sp³-hybridized carbons (Fsp3) is 0.174. The molecule has 0 saturated carbocycles. The van der Waals surface area contributed by atoms with E-state index in [1.54, 1.807) is 41.3 Å². The van der Waals surface area contributed by atoms with Gasteiger partial charge in [0.25, 0.3) is 11.8 Å². The number of rotatable bonds is 6. The molecule has 30 heavy (non-hydrogen) atoms. The number of furan rings is 1. The predicted molar refractivity (Wildman–Crippen MR) is 113 cm³/mol. The Balaban J connectivity index is 1.31. The van der Waals surface area contributed by atoms with Crippen LogP contribution in [-0.4, -0.2) is 30.8 Å². The van der Waals surface area contributed by atoms with E-state index in [1.807, 2.05) is 18.2 Å². The van der Waals surface area contributed by atoms with Crippen molar-refractivity contribution in [2.45, 2.75) is 12.8 Å². The molecule has 0 unspecified atom stereocenters. The van der Waals surface area contributed by atoms with Gasteiger partial charge in [-0.1, -0.05) is 18.2 Å². The number of nitrogens with zero attached hydrogens (tertiary/aromatic N) is 1. The zero-order valence-corrected chi connectivity index (χ0v) is 16.3. The van der Waals surface area contributed by atoms with Crippen LogP contribution in [0, 0.1) is 0 Å². The summed E-state index contributed by atoms with van der Waals surface area (Å²) in [5.74, 6) is -0.496. The van der Waals surface area contributed by atoms with Gasteiger partial charge in [0.05, 0.1) is 11.8 Å². The maximum absolute atomic E-state index is 12.6. The van der Waals surface area contributed by atoms with Gasteiger partial charge >= 0.3 is 0 Å². The minimum atomic E-state index is -0.205. The Bertz CT molecular complexity index is 1060. The number of hydrogen-bond acceptors (Lipinski definition) is 4. The van der Waals surface area contributed by atoms with Gasteiger partial charge in [0.1, 0.15) is 6.26 Å². The minimum absolute atomic E-state index is 0.103. The molecule has 7 nitrogen and oxygen atoms in total. The zero-order chi connectivity index (χ0) is 20.9.